The Labute approximate surface area is 564 Å². The number of carboxylic acids is 4. The van der Waals surface area contributed by atoms with Gasteiger partial charge >= 0.3 is 23.9 Å². The Morgan fingerprint density at radius 3 is 1.13 bits per heavy atom. The maximum atomic E-state index is 14.5. The first-order valence-electron chi connectivity index (χ1n) is 32.2. The summed E-state index contributed by atoms with van der Waals surface area (Å²) in [5.41, 5.74) is 17.6. The fourth-order valence-electron chi connectivity index (χ4n) is 9.66. The highest BCUT2D eigenvalue weighted by Crippen LogP contribution is 2.15. The number of nitrogens with zero attached hydrogens (tertiary/aromatic N) is 1. The van der Waals surface area contributed by atoms with Crippen LogP contribution in [0.25, 0.3) is 0 Å². The number of aliphatic carboxylic acids is 4. The molecule has 1 rings (SSSR count). The van der Waals surface area contributed by atoms with E-state index in [-0.39, 0.29) is 87.5 Å². The van der Waals surface area contributed by atoms with Crippen LogP contribution in [0.15, 0.2) is 35.3 Å². The number of benzene rings is 1. The average molecular weight is 1370 g/mol. The second-order valence-corrected chi connectivity index (χ2v) is 25.9. The third kappa shape index (κ3) is 35.7. The second kappa shape index (κ2) is 43.5. The Morgan fingerprint density at radius 2 is 0.753 bits per heavy atom. The van der Waals surface area contributed by atoms with E-state index in [1.807, 2.05) is 0 Å². The van der Waals surface area contributed by atoms with E-state index in [1.165, 1.54) is 6.92 Å². The van der Waals surface area contributed by atoms with Crippen molar-refractivity contribution in [2.45, 2.75) is 220 Å². The topological polar surface area (TPSA) is 560 Å². The number of amides is 11. The van der Waals surface area contributed by atoms with Crippen molar-refractivity contribution in [2.24, 2.45) is 51.8 Å². The van der Waals surface area contributed by atoms with Crippen molar-refractivity contribution in [3.8, 4) is 0 Å². The van der Waals surface area contributed by atoms with Gasteiger partial charge in [-0.05, 0) is 93.4 Å². The lowest BCUT2D eigenvalue weighted by Crippen LogP contribution is -2.61. The number of carbonyl (C=O) groups excluding carboxylic acids is 11. The standard InChI is InChI=1S/C63H103N15O19/c1-31(2)22-38(64)52(86)73-46(28-50(82)83)60(94)77-44(26-35(9)10)59(93)78-47(29-51(84)85)61(95)76-43(25-34(7)8)58(92)72-40(19-20-49(80)81)55(89)75-42(24-33(5)6)57(91)71-39(18-15-21-67-63(65)66)54(88)74-41(23-32(3)4)53(87)68-30-48(79)70-45(27-37-16-13-12-14-17-37)56(90)69-36(11)62(96)97/h12-14,16-17,31-36,38-47H,15,18-30,64H2,1-11H3,(H,68,87)(H,69,90)(H,70,79)(H,71,91)(H,72,92)(H,73,86)(H,74,88)(H,75,89)(H,76,95)(H,77,94)(H,78,93)(H,80,81)(H,82,83)(H,84,85)(H,96,97)(H4,65,66,67)/t36-,38-,39-,40-,41-,42-,43-,44-,45-,46-,47-/m0/s1. The molecule has 0 aromatic heterocycles. The number of rotatable bonds is 46. The molecule has 1 aromatic carbocycles. The molecular formula is C63H103N15O19. The first-order valence-corrected chi connectivity index (χ1v) is 32.2. The Bertz CT molecular complexity index is 2890. The molecule has 0 unspecified atom stereocenters. The molecule has 0 spiro atoms. The number of hydrogen-bond donors (Lipinski definition) is 18. The lowest BCUT2D eigenvalue weighted by molar-refractivity contribution is -0.142. The largest absolute Gasteiger partial charge is 0.481 e. The number of carbonyl (C=O) groups is 15. The summed E-state index contributed by atoms with van der Waals surface area (Å²) < 4.78 is 0. The minimum Gasteiger partial charge on any atom is -0.481 e. The van der Waals surface area contributed by atoms with Crippen LogP contribution in [0, 0.1) is 29.6 Å². The average Bonchev–Trinajstić information content (AvgIpc) is 0.877. The van der Waals surface area contributed by atoms with Crippen molar-refractivity contribution in [3.63, 3.8) is 0 Å². The van der Waals surface area contributed by atoms with Gasteiger partial charge in [0.25, 0.3) is 0 Å². The van der Waals surface area contributed by atoms with Gasteiger partial charge in [0.05, 0.1) is 25.4 Å². The number of hydrogen-bond acceptors (Lipinski definition) is 17. The van der Waals surface area contributed by atoms with Crippen molar-refractivity contribution < 1.29 is 92.3 Å². The lowest BCUT2D eigenvalue weighted by atomic mass is 9.99. The number of carboxylic acid groups (broad SMARTS) is 4. The van der Waals surface area contributed by atoms with Crippen molar-refractivity contribution in [3.05, 3.63) is 35.9 Å². The van der Waals surface area contributed by atoms with Gasteiger partial charge in [-0.2, -0.15) is 0 Å². The highest BCUT2D eigenvalue weighted by molar-refractivity contribution is 6.00. The van der Waals surface area contributed by atoms with Gasteiger partial charge in [0.15, 0.2) is 5.96 Å². The molecule has 11 atom stereocenters. The van der Waals surface area contributed by atoms with E-state index in [0.717, 1.165) is 0 Å². The molecule has 0 saturated heterocycles. The molecular weight excluding hydrogens is 1270 g/mol. The number of nitrogens with two attached hydrogens (primary N) is 3. The zero-order valence-electron chi connectivity index (χ0n) is 57.1. The normalized spacial score (nSPS) is 14.6. The van der Waals surface area contributed by atoms with E-state index < -0.39 is 193 Å². The fraction of sp³-hybridized carbons (Fsp3) is 0.651. The van der Waals surface area contributed by atoms with E-state index in [4.69, 9.17) is 17.2 Å². The first kappa shape index (κ1) is 85.5. The minimum atomic E-state index is -1.96. The van der Waals surface area contributed by atoms with Crippen molar-refractivity contribution in [1.82, 2.24) is 58.5 Å². The molecule has 0 aliphatic heterocycles. The van der Waals surface area contributed by atoms with E-state index in [9.17, 15) is 92.3 Å². The molecule has 0 fully saturated rings. The molecule has 34 nitrogen and oxygen atoms in total. The van der Waals surface area contributed by atoms with Crippen LogP contribution in [0.3, 0.4) is 0 Å². The summed E-state index contributed by atoms with van der Waals surface area (Å²) in [6, 6.07) is -8.14. The molecule has 11 amide bonds. The van der Waals surface area contributed by atoms with E-state index >= 15 is 0 Å². The summed E-state index contributed by atoms with van der Waals surface area (Å²) in [5.74, 6) is -18.5. The Hall–Kier alpha value is -9.50. The summed E-state index contributed by atoms with van der Waals surface area (Å²) in [7, 11) is 0. The third-order valence-electron chi connectivity index (χ3n) is 14.4. The third-order valence-corrected chi connectivity index (χ3v) is 14.4. The molecule has 0 aliphatic rings. The molecule has 0 bridgehead atoms. The zero-order valence-corrected chi connectivity index (χ0v) is 57.1. The molecule has 1 aromatic rings. The summed E-state index contributed by atoms with van der Waals surface area (Å²) in [6.45, 7) is 17.5. The van der Waals surface area contributed by atoms with Crippen LogP contribution in [0.5, 0.6) is 0 Å². The maximum absolute atomic E-state index is 14.5. The summed E-state index contributed by atoms with van der Waals surface area (Å²) in [4.78, 5) is 204. The van der Waals surface area contributed by atoms with Gasteiger partial charge < -0.3 is 96.1 Å². The first-order chi connectivity index (χ1) is 45.2. The van der Waals surface area contributed by atoms with E-state index in [1.54, 1.807) is 99.6 Å². The Kier molecular flexibility index (Phi) is 38.4. The van der Waals surface area contributed by atoms with Crippen molar-refractivity contribution >= 4 is 94.8 Å². The fourth-order valence-corrected chi connectivity index (χ4v) is 9.66. The quantitative estimate of drug-likeness (QED) is 0.0186. The minimum absolute atomic E-state index is 0.00484. The highest BCUT2D eigenvalue weighted by atomic mass is 16.4. The van der Waals surface area contributed by atoms with Gasteiger partial charge in [0.2, 0.25) is 65.0 Å². The SMILES string of the molecule is CC(C)C[C@H](NC(=O)[C@H](CCCN=C(N)N)NC(=O)[C@H](CC(C)C)NC(=O)[C@H](CCC(=O)O)NC(=O)[C@H](CC(C)C)NC(=O)[C@H](CC(=O)O)NC(=O)[C@H](CC(C)C)NC(=O)[C@H](CC(=O)O)NC(=O)[C@@H](N)CC(C)C)C(=O)NCC(=O)N[C@@H](Cc1ccccc1)C(=O)N[C@@H](C)C(=O)O. The van der Waals surface area contributed by atoms with Crippen LogP contribution in [-0.4, -0.2) is 195 Å². The predicted molar refractivity (Wildman–Crippen MR) is 352 cm³/mol. The zero-order chi connectivity index (χ0) is 74.0. The smallest absolute Gasteiger partial charge is 0.325 e. The number of aliphatic imine (C=N–C) groups is 1. The van der Waals surface area contributed by atoms with Gasteiger partial charge in [-0.1, -0.05) is 99.6 Å². The van der Waals surface area contributed by atoms with Gasteiger partial charge in [-0.25, -0.2) is 0 Å². The highest BCUT2D eigenvalue weighted by Gasteiger charge is 2.37. The molecule has 0 radical (unpaired) electrons. The lowest BCUT2D eigenvalue weighted by Gasteiger charge is -2.29. The molecule has 544 valence electrons. The molecule has 0 aliphatic carbocycles. The molecule has 21 N–H and O–H groups in total. The van der Waals surface area contributed by atoms with E-state index in [0.29, 0.717) is 5.56 Å². The number of guanidine groups is 1. The summed E-state index contributed by atoms with van der Waals surface area (Å²) in [6.07, 6.45) is -3.79. The maximum Gasteiger partial charge on any atom is 0.325 e. The van der Waals surface area contributed by atoms with Crippen LogP contribution in [0.1, 0.15) is 152 Å². The van der Waals surface area contributed by atoms with Gasteiger partial charge in [-0.3, -0.25) is 76.9 Å². The van der Waals surface area contributed by atoms with Crippen LogP contribution < -0.4 is 75.7 Å². The van der Waals surface area contributed by atoms with Crippen molar-refractivity contribution in [2.75, 3.05) is 13.1 Å². The predicted octanol–water partition coefficient (Wildman–Crippen LogP) is -2.28. The number of nitrogens with one attached hydrogen (secondary N) is 11. The van der Waals surface area contributed by atoms with Crippen LogP contribution >= 0.6 is 0 Å². The van der Waals surface area contributed by atoms with Gasteiger partial charge in [0, 0.05) is 19.4 Å². The van der Waals surface area contributed by atoms with E-state index in [2.05, 4.69) is 63.5 Å². The molecule has 34 heteroatoms. The molecule has 0 heterocycles. The van der Waals surface area contributed by atoms with Gasteiger partial charge in [0.1, 0.15) is 60.4 Å². The molecule has 0 saturated carbocycles. The van der Waals surface area contributed by atoms with Crippen LogP contribution in [0.4, 0.5) is 0 Å². The summed E-state index contributed by atoms with van der Waals surface area (Å²) >= 11 is 0. The van der Waals surface area contributed by atoms with Crippen LogP contribution in [0.2, 0.25) is 0 Å². The molecule has 97 heavy (non-hydrogen) atoms. The van der Waals surface area contributed by atoms with Crippen molar-refractivity contribution in [1.29, 1.82) is 0 Å². The Balaban J connectivity index is 3.61. The van der Waals surface area contributed by atoms with Crippen LogP contribution in [-0.2, 0) is 78.3 Å². The van der Waals surface area contributed by atoms with Gasteiger partial charge in [-0.15, -0.1) is 0 Å². The Morgan fingerprint density at radius 1 is 0.402 bits per heavy atom. The summed E-state index contributed by atoms with van der Waals surface area (Å²) in [5, 5.41) is 65.5. The monoisotopic (exact) mass is 1370 g/mol. The second-order valence-electron chi connectivity index (χ2n) is 25.9.